The van der Waals surface area contributed by atoms with Crippen LogP contribution in [0.15, 0.2) is 18.3 Å². The number of ether oxygens (including phenoxy) is 2. The molecule has 3 aliphatic heterocycles. The van der Waals surface area contributed by atoms with Crippen molar-refractivity contribution in [2.75, 3.05) is 55.6 Å². The predicted molar refractivity (Wildman–Crippen MR) is 142 cm³/mol. The van der Waals surface area contributed by atoms with Crippen molar-refractivity contribution in [1.29, 1.82) is 5.26 Å². The highest BCUT2D eigenvalue weighted by Crippen LogP contribution is 2.29. The number of nitriles is 1. The summed E-state index contributed by atoms with van der Waals surface area (Å²) < 4.78 is 10.7. The van der Waals surface area contributed by atoms with Crippen molar-refractivity contribution >= 4 is 35.5 Å². The first-order chi connectivity index (χ1) is 19.0. The maximum Gasteiger partial charge on any atom is 0.328 e. The summed E-state index contributed by atoms with van der Waals surface area (Å²) >= 11 is 0. The van der Waals surface area contributed by atoms with Gasteiger partial charge in [0.05, 0.1) is 36.4 Å². The van der Waals surface area contributed by atoms with Crippen LogP contribution in [0.3, 0.4) is 0 Å². The lowest BCUT2D eigenvalue weighted by molar-refractivity contribution is -0.134. The monoisotopic (exact) mass is 533 g/mol. The predicted octanol–water partition coefficient (Wildman–Crippen LogP) is 2.34. The third-order valence-corrected chi connectivity index (χ3v) is 7.24. The standard InChI is InChI=1S/C27H31N7O5/c1-33(26(36)18-4-7-38-15-18)13-19-9-17-3-2-6-34(25(17)31-23(19)14-35)27(37)32-24-10-22(20(11-28)12-29-24)30-21-5-8-39-16-21/h9-10,12,14,18,21H,2-8,13,15-16H2,1H3,(H2,29,30,32,37)/t18-,21-/m1/s1. The quantitative estimate of drug-likeness (QED) is 0.511. The molecule has 2 atom stereocenters. The Bertz CT molecular complexity index is 1300. The molecule has 204 valence electrons. The number of aromatic nitrogens is 2. The van der Waals surface area contributed by atoms with Crippen molar-refractivity contribution in [2.45, 2.75) is 38.3 Å². The fourth-order valence-corrected chi connectivity index (χ4v) is 5.14. The van der Waals surface area contributed by atoms with E-state index >= 15 is 0 Å². The average Bonchev–Trinajstić information content (AvgIpc) is 3.67. The molecule has 0 bridgehead atoms. The van der Waals surface area contributed by atoms with E-state index in [2.05, 4.69) is 26.7 Å². The van der Waals surface area contributed by atoms with E-state index in [4.69, 9.17) is 9.47 Å². The molecule has 2 aromatic rings. The Morgan fingerprint density at radius 3 is 2.79 bits per heavy atom. The Kier molecular flexibility index (Phi) is 7.99. The van der Waals surface area contributed by atoms with Crippen LogP contribution in [-0.4, -0.2) is 79.2 Å². The van der Waals surface area contributed by atoms with E-state index in [0.29, 0.717) is 81.2 Å². The third-order valence-electron chi connectivity index (χ3n) is 7.24. The molecule has 5 rings (SSSR count). The molecule has 12 heteroatoms. The molecule has 2 N–H and O–H groups in total. The van der Waals surface area contributed by atoms with Crippen molar-refractivity contribution in [1.82, 2.24) is 14.9 Å². The van der Waals surface area contributed by atoms with Gasteiger partial charge in [-0.2, -0.15) is 5.26 Å². The number of urea groups is 1. The zero-order valence-corrected chi connectivity index (χ0v) is 21.8. The number of carbonyl (C=O) groups is 3. The van der Waals surface area contributed by atoms with E-state index < -0.39 is 6.03 Å². The molecule has 2 fully saturated rings. The van der Waals surface area contributed by atoms with Gasteiger partial charge in [-0.05, 0) is 37.3 Å². The smallest absolute Gasteiger partial charge is 0.328 e. The molecule has 3 aliphatic rings. The number of aryl methyl sites for hydroxylation is 1. The second kappa shape index (κ2) is 11.8. The fourth-order valence-electron chi connectivity index (χ4n) is 5.14. The van der Waals surface area contributed by atoms with Crippen LogP contribution >= 0.6 is 0 Å². The van der Waals surface area contributed by atoms with Crippen molar-refractivity contribution < 1.29 is 23.9 Å². The lowest BCUT2D eigenvalue weighted by Crippen LogP contribution is -2.40. The lowest BCUT2D eigenvalue weighted by Gasteiger charge is -2.30. The summed E-state index contributed by atoms with van der Waals surface area (Å²) in [6, 6.07) is 5.26. The summed E-state index contributed by atoms with van der Waals surface area (Å²) in [5, 5.41) is 15.6. The SMILES string of the molecule is CN(Cc1cc2c(nc1C=O)N(C(=O)Nc1cc(N[C@@H]3CCOC3)c(C#N)cn1)CCC2)C(=O)[C@@H]1CCOC1. The highest BCUT2D eigenvalue weighted by molar-refractivity contribution is 6.02. The number of hydrogen-bond acceptors (Lipinski definition) is 9. The number of amides is 3. The molecule has 0 aromatic carbocycles. The zero-order valence-electron chi connectivity index (χ0n) is 21.8. The zero-order chi connectivity index (χ0) is 27.4. The minimum atomic E-state index is -0.436. The minimum Gasteiger partial charge on any atom is -0.381 e. The molecule has 0 unspecified atom stereocenters. The van der Waals surface area contributed by atoms with Crippen LogP contribution in [0.1, 0.15) is 46.4 Å². The number of pyridine rings is 2. The number of nitrogens with one attached hydrogen (secondary N) is 2. The molecule has 12 nitrogen and oxygen atoms in total. The fraction of sp³-hybridized carbons (Fsp3) is 0.481. The van der Waals surface area contributed by atoms with Gasteiger partial charge in [-0.3, -0.25) is 19.8 Å². The molecular formula is C27H31N7O5. The van der Waals surface area contributed by atoms with Crippen LogP contribution in [0.2, 0.25) is 0 Å². The number of rotatable bonds is 7. The molecule has 0 radical (unpaired) electrons. The van der Waals surface area contributed by atoms with Crippen LogP contribution in [0.4, 0.5) is 22.1 Å². The number of anilines is 3. The second-order valence-electron chi connectivity index (χ2n) is 10.0. The first-order valence-electron chi connectivity index (χ1n) is 13.1. The van der Waals surface area contributed by atoms with Gasteiger partial charge in [0.25, 0.3) is 0 Å². The Labute approximate surface area is 226 Å². The summed E-state index contributed by atoms with van der Waals surface area (Å²) in [6.07, 6.45) is 5.00. The largest absolute Gasteiger partial charge is 0.381 e. The molecule has 39 heavy (non-hydrogen) atoms. The molecule has 5 heterocycles. The number of fused-ring (bicyclic) bond motifs is 1. The van der Waals surface area contributed by atoms with Gasteiger partial charge in [0, 0.05) is 51.2 Å². The van der Waals surface area contributed by atoms with Crippen LogP contribution in [0.25, 0.3) is 0 Å². The maximum atomic E-state index is 13.3. The summed E-state index contributed by atoms with van der Waals surface area (Å²) in [5.41, 5.74) is 2.61. The molecule has 0 saturated carbocycles. The Morgan fingerprint density at radius 2 is 2.08 bits per heavy atom. The molecule has 3 amide bonds. The van der Waals surface area contributed by atoms with Gasteiger partial charge in [-0.15, -0.1) is 0 Å². The van der Waals surface area contributed by atoms with Gasteiger partial charge in [0.1, 0.15) is 23.4 Å². The van der Waals surface area contributed by atoms with E-state index in [1.165, 1.54) is 11.1 Å². The first kappa shape index (κ1) is 26.5. The molecule has 0 spiro atoms. The van der Waals surface area contributed by atoms with Crippen LogP contribution in [-0.2, 0) is 27.2 Å². The second-order valence-corrected chi connectivity index (χ2v) is 10.0. The summed E-state index contributed by atoms with van der Waals surface area (Å²) in [6.45, 7) is 2.86. The van der Waals surface area contributed by atoms with Gasteiger partial charge in [0.15, 0.2) is 6.29 Å². The van der Waals surface area contributed by atoms with E-state index in [1.807, 2.05) is 6.07 Å². The highest BCUT2D eigenvalue weighted by Gasteiger charge is 2.29. The number of nitrogens with zero attached hydrogens (tertiary/aromatic N) is 5. The Morgan fingerprint density at radius 1 is 1.26 bits per heavy atom. The van der Waals surface area contributed by atoms with E-state index in [-0.39, 0.29) is 35.9 Å². The number of aldehydes is 1. The van der Waals surface area contributed by atoms with Crippen LogP contribution < -0.4 is 15.5 Å². The highest BCUT2D eigenvalue weighted by atomic mass is 16.5. The summed E-state index contributed by atoms with van der Waals surface area (Å²) in [7, 11) is 1.71. The van der Waals surface area contributed by atoms with E-state index in [0.717, 1.165) is 12.0 Å². The Hall–Kier alpha value is -4.08. The van der Waals surface area contributed by atoms with Gasteiger partial charge >= 0.3 is 6.03 Å². The molecular weight excluding hydrogens is 502 g/mol. The number of carbonyl (C=O) groups excluding carboxylic acids is 3. The Balaban J connectivity index is 1.33. The maximum absolute atomic E-state index is 13.3. The van der Waals surface area contributed by atoms with Gasteiger partial charge in [-0.25, -0.2) is 14.8 Å². The molecule has 2 aromatic heterocycles. The van der Waals surface area contributed by atoms with E-state index in [9.17, 15) is 19.6 Å². The third kappa shape index (κ3) is 5.84. The van der Waals surface area contributed by atoms with Crippen LogP contribution in [0, 0.1) is 17.2 Å². The van der Waals surface area contributed by atoms with E-state index in [1.54, 1.807) is 18.0 Å². The van der Waals surface area contributed by atoms with Gasteiger partial charge in [0.2, 0.25) is 5.91 Å². The normalized spacial score (nSPS) is 20.2. The summed E-state index contributed by atoms with van der Waals surface area (Å²) in [4.78, 5) is 49.9. The topological polar surface area (TPSA) is 150 Å². The van der Waals surface area contributed by atoms with Crippen LogP contribution in [0.5, 0.6) is 0 Å². The van der Waals surface area contributed by atoms with Crippen molar-refractivity contribution in [2.24, 2.45) is 5.92 Å². The summed E-state index contributed by atoms with van der Waals surface area (Å²) in [5.74, 6) is 0.512. The molecule has 2 saturated heterocycles. The number of hydrogen-bond donors (Lipinski definition) is 2. The lowest BCUT2D eigenvalue weighted by atomic mass is 10.0. The molecule has 0 aliphatic carbocycles. The average molecular weight is 534 g/mol. The van der Waals surface area contributed by atoms with Crippen molar-refractivity contribution in [3.63, 3.8) is 0 Å². The van der Waals surface area contributed by atoms with Crippen molar-refractivity contribution in [3.05, 3.63) is 40.7 Å². The van der Waals surface area contributed by atoms with Gasteiger partial charge < -0.3 is 19.7 Å². The minimum absolute atomic E-state index is 0.0210. The van der Waals surface area contributed by atoms with Crippen molar-refractivity contribution in [3.8, 4) is 6.07 Å². The first-order valence-corrected chi connectivity index (χ1v) is 13.1. The van der Waals surface area contributed by atoms with Gasteiger partial charge in [-0.1, -0.05) is 0 Å².